The van der Waals surface area contributed by atoms with Crippen LogP contribution < -0.4 is 4.74 Å². The van der Waals surface area contributed by atoms with Gasteiger partial charge in [0.25, 0.3) is 10.0 Å². The maximum Gasteiger partial charge on any atom is 0.387 e. The summed E-state index contributed by atoms with van der Waals surface area (Å²) in [5.41, 5.74) is 0.589. The lowest BCUT2D eigenvalue weighted by Crippen LogP contribution is -2.25. The number of hydrogen-bond donors (Lipinski definition) is 0. The largest absolute Gasteiger partial charge is 0.457 e. The van der Waals surface area contributed by atoms with Crippen molar-refractivity contribution in [3.63, 3.8) is 0 Å². The molecule has 0 saturated heterocycles. The summed E-state index contributed by atoms with van der Waals surface area (Å²) in [6.07, 6.45) is 0. The van der Waals surface area contributed by atoms with E-state index in [-0.39, 0.29) is 22.8 Å². The maximum absolute atomic E-state index is 12.2. The Morgan fingerprint density at radius 3 is 2.41 bits per heavy atom. The Balaban J connectivity index is 2.05. The topological polar surface area (TPSA) is 82.1 Å². The SMILES string of the molecule is CON(C)S(=O)(=O)c1cccc(C(=O)OCc2ccc(OC(F)F)cc2)c1. The van der Waals surface area contributed by atoms with Crippen LogP contribution in [0.25, 0.3) is 0 Å². The number of sulfonamides is 1. The van der Waals surface area contributed by atoms with Crippen molar-refractivity contribution in [3.8, 4) is 5.75 Å². The van der Waals surface area contributed by atoms with E-state index >= 15 is 0 Å². The Kier molecular flexibility index (Phi) is 6.83. The second kappa shape index (κ2) is 8.89. The van der Waals surface area contributed by atoms with Crippen molar-refractivity contribution in [1.82, 2.24) is 4.47 Å². The highest BCUT2D eigenvalue weighted by molar-refractivity contribution is 7.89. The van der Waals surface area contributed by atoms with Gasteiger partial charge in [-0.2, -0.15) is 8.78 Å². The molecular weight excluding hydrogens is 384 g/mol. The van der Waals surface area contributed by atoms with Crippen LogP contribution in [-0.4, -0.2) is 39.6 Å². The molecule has 0 bridgehead atoms. The van der Waals surface area contributed by atoms with Crippen molar-refractivity contribution in [1.29, 1.82) is 0 Å². The monoisotopic (exact) mass is 401 g/mol. The fourth-order valence-corrected chi connectivity index (χ4v) is 3.05. The predicted molar refractivity (Wildman–Crippen MR) is 90.6 cm³/mol. The first-order valence-electron chi connectivity index (χ1n) is 7.58. The van der Waals surface area contributed by atoms with Crippen LogP contribution in [0.2, 0.25) is 0 Å². The van der Waals surface area contributed by atoms with Gasteiger partial charge in [0.15, 0.2) is 0 Å². The first-order valence-corrected chi connectivity index (χ1v) is 9.02. The van der Waals surface area contributed by atoms with Gasteiger partial charge in [-0.25, -0.2) is 13.2 Å². The summed E-state index contributed by atoms with van der Waals surface area (Å²) in [6, 6.07) is 10.9. The molecule has 27 heavy (non-hydrogen) atoms. The molecule has 146 valence electrons. The third kappa shape index (κ3) is 5.46. The van der Waals surface area contributed by atoms with Crippen LogP contribution in [0.1, 0.15) is 15.9 Å². The first-order chi connectivity index (χ1) is 12.7. The number of carbonyl (C=O) groups excluding carboxylic acids is 1. The lowest BCUT2D eigenvalue weighted by molar-refractivity contribution is -0.0498. The molecule has 0 amide bonds. The van der Waals surface area contributed by atoms with Gasteiger partial charge in [0.2, 0.25) is 0 Å². The van der Waals surface area contributed by atoms with Crippen LogP contribution in [0, 0.1) is 0 Å². The minimum Gasteiger partial charge on any atom is -0.457 e. The quantitative estimate of drug-likeness (QED) is 0.500. The van der Waals surface area contributed by atoms with Crippen molar-refractivity contribution in [2.75, 3.05) is 14.2 Å². The van der Waals surface area contributed by atoms with E-state index in [0.717, 1.165) is 0 Å². The third-order valence-electron chi connectivity index (χ3n) is 3.48. The fraction of sp³-hybridized carbons (Fsp3) is 0.235. The summed E-state index contributed by atoms with van der Waals surface area (Å²) >= 11 is 0. The van der Waals surface area contributed by atoms with Gasteiger partial charge >= 0.3 is 12.6 Å². The fourth-order valence-electron chi connectivity index (χ4n) is 2.03. The van der Waals surface area contributed by atoms with Crippen LogP contribution in [0.15, 0.2) is 53.4 Å². The molecule has 0 atom stereocenters. The van der Waals surface area contributed by atoms with E-state index < -0.39 is 22.6 Å². The number of halogens is 2. The minimum atomic E-state index is -3.90. The van der Waals surface area contributed by atoms with Gasteiger partial charge in [0.1, 0.15) is 12.4 Å². The van der Waals surface area contributed by atoms with Crippen LogP contribution in [0.5, 0.6) is 5.75 Å². The molecule has 0 aliphatic carbocycles. The zero-order valence-electron chi connectivity index (χ0n) is 14.5. The van der Waals surface area contributed by atoms with Gasteiger partial charge in [0.05, 0.1) is 17.6 Å². The summed E-state index contributed by atoms with van der Waals surface area (Å²) in [6.45, 7) is -3.04. The van der Waals surface area contributed by atoms with E-state index in [0.29, 0.717) is 10.0 Å². The molecule has 0 aromatic heterocycles. The predicted octanol–water partition coefficient (Wildman–Crippen LogP) is 2.83. The molecule has 0 aliphatic heterocycles. The summed E-state index contributed by atoms with van der Waals surface area (Å²) in [5, 5.41) is 0. The van der Waals surface area contributed by atoms with Gasteiger partial charge in [-0.3, -0.25) is 4.84 Å². The Bertz CT molecular complexity index is 887. The van der Waals surface area contributed by atoms with Crippen LogP contribution >= 0.6 is 0 Å². The number of ether oxygens (including phenoxy) is 2. The van der Waals surface area contributed by atoms with Crippen LogP contribution in [-0.2, 0) is 26.2 Å². The molecule has 0 N–H and O–H groups in total. The van der Waals surface area contributed by atoms with Gasteiger partial charge in [-0.05, 0) is 35.9 Å². The smallest absolute Gasteiger partial charge is 0.387 e. The van der Waals surface area contributed by atoms with E-state index in [1.165, 1.54) is 62.7 Å². The van der Waals surface area contributed by atoms with E-state index in [9.17, 15) is 22.0 Å². The second-order valence-corrected chi connectivity index (χ2v) is 7.16. The van der Waals surface area contributed by atoms with E-state index in [4.69, 9.17) is 4.74 Å². The second-order valence-electron chi connectivity index (χ2n) is 5.22. The molecule has 10 heteroatoms. The highest BCUT2D eigenvalue weighted by Crippen LogP contribution is 2.18. The van der Waals surface area contributed by atoms with E-state index in [1.54, 1.807) is 0 Å². The number of alkyl halides is 2. The number of nitrogens with zero attached hydrogens (tertiary/aromatic N) is 1. The summed E-state index contributed by atoms with van der Waals surface area (Å²) < 4.78 is 58.6. The molecule has 0 saturated carbocycles. The van der Waals surface area contributed by atoms with Gasteiger partial charge in [-0.15, -0.1) is 0 Å². The van der Waals surface area contributed by atoms with Crippen LogP contribution in [0.4, 0.5) is 8.78 Å². The number of rotatable bonds is 8. The Labute approximate surface area is 155 Å². The van der Waals surface area contributed by atoms with E-state index in [1.807, 2.05) is 0 Å². The van der Waals surface area contributed by atoms with Crippen LogP contribution in [0.3, 0.4) is 0 Å². The molecule has 2 aromatic rings. The van der Waals surface area contributed by atoms with E-state index in [2.05, 4.69) is 9.57 Å². The van der Waals surface area contributed by atoms with Crippen molar-refractivity contribution in [2.45, 2.75) is 18.1 Å². The van der Waals surface area contributed by atoms with Crippen molar-refractivity contribution in [2.24, 2.45) is 0 Å². The zero-order chi connectivity index (χ0) is 20.0. The summed E-state index contributed by atoms with van der Waals surface area (Å²) in [5.74, 6) is -0.750. The molecule has 7 nitrogen and oxygen atoms in total. The molecule has 2 aromatic carbocycles. The summed E-state index contributed by atoms with van der Waals surface area (Å²) in [4.78, 5) is 16.7. The maximum atomic E-state index is 12.2. The highest BCUT2D eigenvalue weighted by Gasteiger charge is 2.22. The third-order valence-corrected chi connectivity index (χ3v) is 5.16. The molecule has 2 rings (SSSR count). The highest BCUT2D eigenvalue weighted by atomic mass is 32.2. The lowest BCUT2D eigenvalue weighted by Gasteiger charge is -2.14. The average Bonchev–Trinajstić information content (AvgIpc) is 2.66. The van der Waals surface area contributed by atoms with Gasteiger partial charge in [0, 0.05) is 7.05 Å². The number of hydrogen-bond acceptors (Lipinski definition) is 6. The average molecular weight is 401 g/mol. The minimum absolute atomic E-state index is 0.0137. The molecule has 0 spiro atoms. The van der Waals surface area contributed by atoms with Crippen molar-refractivity contribution in [3.05, 3.63) is 59.7 Å². The normalized spacial score (nSPS) is 11.6. The van der Waals surface area contributed by atoms with Gasteiger partial charge < -0.3 is 9.47 Å². The molecular formula is C17H17F2NO6S. The molecule has 0 heterocycles. The molecule has 0 aliphatic rings. The van der Waals surface area contributed by atoms with Crippen molar-refractivity contribution < 1.29 is 36.3 Å². The van der Waals surface area contributed by atoms with Gasteiger partial charge in [-0.1, -0.05) is 22.7 Å². The Hall–Kier alpha value is -2.56. The number of esters is 1. The standard InChI is InChI=1S/C17H17F2NO6S/c1-20(24-2)27(22,23)15-5-3-4-13(10-15)16(21)25-11-12-6-8-14(9-7-12)26-17(18)19/h3-10,17H,11H2,1-2H3. The Morgan fingerprint density at radius 2 is 1.81 bits per heavy atom. The number of benzene rings is 2. The Morgan fingerprint density at radius 1 is 1.15 bits per heavy atom. The van der Waals surface area contributed by atoms with Crippen molar-refractivity contribution >= 4 is 16.0 Å². The summed E-state index contributed by atoms with van der Waals surface area (Å²) in [7, 11) is -1.47. The molecule has 0 unspecified atom stereocenters. The molecule has 0 fully saturated rings. The molecule has 0 radical (unpaired) electrons. The number of hydroxylamine groups is 1. The zero-order valence-corrected chi connectivity index (χ0v) is 15.3. The first kappa shape index (κ1) is 20.7. The number of carbonyl (C=O) groups is 1. The lowest BCUT2D eigenvalue weighted by atomic mass is 10.2.